The van der Waals surface area contributed by atoms with Crippen molar-refractivity contribution >= 4 is 28.7 Å². The minimum Gasteiger partial charge on any atom is -0.370 e. The lowest BCUT2D eigenvalue weighted by atomic mass is 9.93. The highest BCUT2D eigenvalue weighted by atomic mass is 16.1. The van der Waals surface area contributed by atoms with Gasteiger partial charge in [0.2, 0.25) is 11.9 Å². The lowest BCUT2D eigenvalue weighted by molar-refractivity contribution is -0.119. The topological polar surface area (TPSA) is 113 Å². The van der Waals surface area contributed by atoms with Gasteiger partial charge in [-0.25, -0.2) is 0 Å². The summed E-state index contributed by atoms with van der Waals surface area (Å²) in [4.78, 5) is 22.1. The van der Waals surface area contributed by atoms with Crippen molar-refractivity contribution in [3.63, 3.8) is 0 Å². The predicted molar refractivity (Wildman–Crippen MR) is 80.0 cm³/mol. The van der Waals surface area contributed by atoms with Gasteiger partial charge in [-0.1, -0.05) is 0 Å². The van der Waals surface area contributed by atoms with Gasteiger partial charge in [0.15, 0.2) is 5.65 Å². The maximum atomic E-state index is 11.0. The second kappa shape index (κ2) is 5.55. The standard InChI is InChI=1S/C13H19N7O/c1-15-13-17-11-9(7-16-19-11)12(18-13)20-4-2-8(3-5-20)6-10(14)21/h7-8H,2-6H2,1H3,(H2,14,21)(H2,15,16,17,18,19). The average Bonchev–Trinajstić information content (AvgIpc) is 2.94. The molecular formula is C13H19N7O. The molecule has 0 saturated carbocycles. The van der Waals surface area contributed by atoms with E-state index < -0.39 is 0 Å². The number of piperidine rings is 1. The first-order chi connectivity index (χ1) is 10.2. The second-order valence-corrected chi connectivity index (χ2v) is 5.35. The van der Waals surface area contributed by atoms with Crippen LogP contribution in [0.3, 0.4) is 0 Å². The molecule has 0 atom stereocenters. The Balaban J connectivity index is 1.81. The number of anilines is 2. The SMILES string of the molecule is CNc1nc(N2CCC(CC(N)=O)CC2)c2cn[nH]c2n1. The van der Waals surface area contributed by atoms with Gasteiger partial charge in [-0.15, -0.1) is 0 Å². The molecule has 3 heterocycles. The average molecular weight is 289 g/mol. The zero-order valence-electron chi connectivity index (χ0n) is 12.0. The maximum Gasteiger partial charge on any atom is 0.226 e. The Labute approximate surface area is 122 Å². The van der Waals surface area contributed by atoms with Gasteiger partial charge < -0.3 is 16.0 Å². The molecule has 1 saturated heterocycles. The van der Waals surface area contributed by atoms with Crippen LogP contribution in [-0.2, 0) is 4.79 Å². The summed E-state index contributed by atoms with van der Waals surface area (Å²) in [5, 5.41) is 10.8. The van der Waals surface area contributed by atoms with E-state index in [1.807, 2.05) is 0 Å². The van der Waals surface area contributed by atoms with Crippen molar-refractivity contribution in [2.24, 2.45) is 11.7 Å². The van der Waals surface area contributed by atoms with E-state index in [-0.39, 0.29) is 5.91 Å². The van der Waals surface area contributed by atoms with E-state index in [0.29, 0.717) is 18.3 Å². The first kappa shape index (κ1) is 13.6. The smallest absolute Gasteiger partial charge is 0.226 e. The number of amides is 1. The fraction of sp³-hybridized carbons (Fsp3) is 0.538. The molecule has 1 fully saturated rings. The van der Waals surface area contributed by atoms with Gasteiger partial charge in [0, 0.05) is 26.6 Å². The van der Waals surface area contributed by atoms with Crippen LogP contribution in [0.15, 0.2) is 6.20 Å². The summed E-state index contributed by atoms with van der Waals surface area (Å²) in [5.74, 6) is 1.62. The van der Waals surface area contributed by atoms with Gasteiger partial charge in [-0.05, 0) is 18.8 Å². The van der Waals surface area contributed by atoms with Gasteiger partial charge in [-0.3, -0.25) is 9.89 Å². The molecule has 0 aromatic carbocycles. The van der Waals surface area contributed by atoms with Crippen LogP contribution in [0, 0.1) is 5.92 Å². The number of rotatable bonds is 4. The maximum absolute atomic E-state index is 11.0. The summed E-state index contributed by atoms with van der Waals surface area (Å²) >= 11 is 0. The monoisotopic (exact) mass is 289 g/mol. The van der Waals surface area contributed by atoms with Crippen molar-refractivity contribution in [2.75, 3.05) is 30.4 Å². The Hall–Kier alpha value is -2.38. The highest BCUT2D eigenvalue weighted by Gasteiger charge is 2.23. The van der Waals surface area contributed by atoms with Crippen LogP contribution in [0.1, 0.15) is 19.3 Å². The number of carbonyl (C=O) groups is 1. The zero-order valence-corrected chi connectivity index (χ0v) is 12.0. The summed E-state index contributed by atoms with van der Waals surface area (Å²) in [6.07, 6.45) is 4.11. The molecule has 0 spiro atoms. The van der Waals surface area contributed by atoms with Crippen molar-refractivity contribution in [2.45, 2.75) is 19.3 Å². The van der Waals surface area contributed by atoms with Crippen LogP contribution in [0.4, 0.5) is 11.8 Å². The third-order valence-corrected chi connectivity index (χ3v) is 3.92. The van der Waals surface area contributed by atoms with Crippen LogP contribution in [0.25, 0.3) is 11.0 Å². The van der Waals surface area contributed by atoms with Gasteiger partial charge >= 0.3 is 0 Å². The number of fused-ring (bicyclic) bond motifs is 1. The van der Waals surface area contributed by atoms with Crippen molar-refractivity contribution in [1.29, 1.82) is 0 Å². The van der Waals surface area contributed by atoms with Crippen molar-refractivity contribution in [1.82, 2.24) is 20.2 Å². The molecule has 2 aromatic heterocycles. The van der Waals surface area contributed by atoms with E-state index in [0.717, 1.165) is 42.8 Å². The Morgan fingerprint density at radius 3 is 2.90 bits per heavy atom. The number of hydrogen-bond donors (Lipinski definition) is 3. The van der Waals surface area contributed by atoms with E-state index in [1.165, 1.54) is 0 Å². The van der Waals surface area contributed by atoms with E-state index in [2.05, 4.69) is 30.4 Å². The number of nitrogens with two attached hydrogens (primary N) is 1. The third kappa shape index (κ3) is 2.74. The molecule has 2 aromatic rings. The summed E-state index contributed by atoms with van der Waals surface area (Å²) in [6, 6.07) is 0. The number of aromatic nitrogens is 4. The second-order valence-electron chi connectivity index (χ2n) is 5.35. The number of primary amides is 1. The van der Waals surface area contributed by atoms with Crippen LogP contribution in [0.2, 0.25) is 0 Å². The molecule has 21 heavy (non-hydrogen) atoms. The number of H-pyrrole nitrogens is 1. The Morgan fingerprint density at radius 2 is 2.24 bits per heavy atom. The number of nitrogens with zero attached hydrogens (tertiary/aromatic N) is 4. The molecule has 8 heteroatoms. The Bertz CT molecular complexity index is 645. The predicted octanol–water partition coefficient (Wildman–Crippen LogP) is 0.486. The fourth-order valence-corrected chi connectivity index (χ4v) is 2.81. The first-order valence-corrected chi connectivity index (χ1v) is 7.09. The molecule has 1 aliphatic rings. The summed E-state index contributed by atoms with van der Waals surface area (Å²) < 4.78 is 0. The minimum absolute atomic E-state index is 0.217. The normalized spacial score (nSPS) is 16.3. The van der Waals surface area contributed by atoms with Crippen molar-refractivity contribution in [3.8, 4) is 0 Å². The molecule has 0 aliphatic carbocycles. The molecule has 3 rings (SSSR count). The molecule has 112 valence electrons. The number of hydrogen-bond acceptors (Lipinski definition) is 6. The molecule has 0 bridgehead atoms. The molecule has 4 N–H and O–H groups in total. The quantitative estimate of drug-likeness (QED) is 0.755. The summed E-state index contributed by atoms with van der Waals surface area (Å²) in [7, 11) is 1.79. The van der Waals surface area contributed by atoms with Gasteiger partial charge in [0.05, 0.1) is 11.6 Å². The van der Waals surface area contributed by atoms with Crippen LogP contribution >= 0.6 is 0 Å². The first-order valence-electron chi connectivity index (χ1n) is 7.09. The van der Waals surface area contributed by atoms with Gasteiger partial charge in [0.1, 0.15) is 5.82 Å². The molecule has 0 radical (unpaired) electrons. The lowest BCUT2D eigenvalue weighted by Crippen LogP contribution is -2.35. The van der Waals surface area contributed by atoms with Gasteiger partial charge in [-0.2, -0.15) is 15.1 Å². The zero-order chi connectivity index (χ0) is 14.8. The van der Waals surface area contributed by atoms with E-state index in [4.69, 9.17) is 5.73 Å². The highest BCUT2D eigenvalue weighted by Crippen LogP contribution is 2.28. The molecule has 1 aliphatic heterocycles. The Kier molecular flexibility index (Phi) is 3.59. The molecular weight excluding hydrogens is 270 g/mol. The van der Waals surface area contributed by atoms with E-state index in [9.17, 15) is 4.79 Å². The molecule has 0 unspecified atom stereocenters. The highest BCUT2D eigenvalue weighted by molar-refractivity contribution is 5.87. The summed E-state index contributed by atoms with van der Waals surface area (Å²) in [5.41, 5.74) is 6.00. The van der Waals surface area contributed by atoms with Crippen molar-refractivity contribution < 1.29 is 4.79 Å². The van der Waals surface area contributed by atoms with Crippen LogP contribution in [-0.4, -0.2) is 46.2 Å². The summed E-state index contributed by atoms with van der Waals surface area (Å²) in [6.45, 7) is 1.72. The van der Waals surface area contributed by atoms with E-state index >= 15 is 0 Å². The number of aromatic amines is 1. The number of nitrogens with one attached hydrogen (secondary N) is 2. The fourth-order valence-electron chi connectivity index (χ4n) is 2.81. The lowest BCUT2D eigenvalue weighted by Gasteiger charge is -2.32. The van der Waals surface area contributed by atoms with Crippen molar-refractivity contribution in [3.05, 3.63) is 6.20 Å². The van der Waals surface area contributed by atoms with Gasteiger partial charge in [0.25, 0.3) is 0 Å². The van der Waals surface area contributed by atoms with E-state index in [1.54, 1.807) is 13.2 Å². The molecule has 8 nitrogen and oxygen atoms in total. The Morgan fingerprint density at radius 1 is 1.48 bits per heavy atom. The third-order valence-electron chi connectivity index (χ3n) is 3.92. The van der Waals surface area contributed by atoms with Crippen LogP contribution < -0.4 is 16.0 Å². The minimum atomic E-state index is -0.217. The van der Waals surface area contributed by atoms with Crippen LogP contribution in [0.5, 0.6) is 0 Å². The largest absolute Gasteiger partial charge is 0.370 e. The molecule has 1 amide bonds. The number of carbonyl (C=O) groups excluding carboxylic acids is 1.